The van der Waals surface area contributed by atoms with Gasteiger partial charge in [-0.1, -0.05) is 0 Å². The fourth-order valence-electron chi connectivity index (χ4n) is 1.85. The quantitative estimate of drug-likeness (QED) is 0.487. The third-order valence-corrected chi connectivity index (χ3v) is 2.93. The van der Waals surface area contributed by atoms with Crippen molar-refractivity contribution in [2.75, 3.05) is 17.4 Å². The second-order valence-electron chi connectivity index (χ2n) is 4.30. The van der Waals surface area contributed by atoms with Gasteiger partial charge in [-0.25, -0.2) is 10.8 Å². The minimum absolute atomic E-state index is 0.0763. The van der Waals surface area contributed by atoms with Gasteiger partial charge in [-0.2, -0.15) is 0 Å². The highest BCUT2D eigenvalue weighted by Crippen LogP contribution is 2.28. The molecule has 2 rings (SSSR count). The number of nitrogens with one attached hydrogen (secondary N) is 1. The summed E-state index contributed by atoms with van der Waals surface area (Å²) in [5, 5.41) is 11.1. The van der Waals surface area contributed by atoms with Gasteiger partial charge in [0.15, 0.2) is 0 Å². The number of nitrogen functional groups attached to an aromatic ring is 1. The topological polar surface area (TPSA) is 110 Å². The van der Waals surface area contributed by atoms with E-state index in [2.05, 4.69) is 10.4 Å². The average molecular weight is 277 g/mol. The van der Waals surface area contributed by atoms with Gasteiger partial charge in [0.25, 0.3) is 0 Å². The van der Waals surface area contributed by atoms with Crippen molar-refractivity contribution in [1.29, 1.82) is 0 Å². The van der Waals surface area contributed by atoms with Crippen LogP contribution in [0.15, 0.2) is 28.9 Å². The first-order valence-electron chi connectivity index (χ1n) is 5.89. The van der Waals surface area contributed by atoms with Crippen molar-refractivity contribution in [1.82, 2.24) is 4.98 Å². The minimum Gasteiger partial charge on any atom is -0.469 e. The normalized spacial score (nSPS) is 10.3. The van der Waals surface area contributed by atoms with Gasteiger partial charge in [0.1, 0.15) is 11.6 Å². The van der Waals surface area contributed by atoms with Gasteiger partial charge in [-0.3, -0.25) is 10.1 Å². The molecule has 2 aromatic heterocycles. The maximum absolute atomic E-state index is 11.1. The molecule has 20 heavy (non-hydrogen) atoms. The molecule has 8 heteroatoms. The smallest absolute Gasteiger partial charge is 0.311 e. The molecule has 0 bridgehead atoms. The van der Waals surface area contributed by atoms with E-state index in [9.17, 15) is 10.1 Å². The van der Waals surface area contributed by atoms with Crippen LogP contribution in [0.3, 0.4) is 0 Å². The first-order valence-corrected chi connectivity index (χ1v) is 5.89. The largest absolute Gasteiger partial charge is 0.469 e. The molecule has 0 saturated heterocycles. The second-order valence-corrected chi connectivity index (χ2v) is 4.30. The fourth-order valence-corrected chi connectivity index (χ4v) is 1.85. The SMILES string of the molecule is Cc1occc1CN(C)c1nc(NN)ccc1[N+](=O)[O-]. The van der Waals surface area contributed by atoms with Gasteiger partial charge in [0.2, 0.25) is 5.82 Å². The summed E-state index contributed by atoms with van der Waals surface area (Å²) in [7, 11) is 1.72. The van der Waals surface area contributed by atoms with Crippen LogP contribution < -0.4 is 16.2 Å². The highest BCUT2D eigenvalue weighted by atomic mass is 16.6. The zero-order valence-electron chi connectivity index (χ0n) is 11.2. The molecular weight excluding hydrogens is 262 g/mol. The number of nitrogens with two attached hydrogens (primary N) is 1. The first-order chi connectivity index (χ1) is 9.52. The first kappa shape index (κ1) is 13.8. The summed E-state index contributed by atoms with van der Waals surface area (Å²) in [5.41, 5.74) is 3.24. The summed E-state index contributed by atoms with van der Waals surface area (Å²) in [6.45, 7) is 2.28. The zero-order valence-corrected chi connectivity index (χ0v) is 11.2. The minimum atomic E-state index is -0.471. The molecule has 0 amide bonds. The molecule has 0 spiro atoms. The molecule has 106 valence electrons. The molecule has 0 unspecified atom stereocenters. The maximum Gasteiger partial charge on any atom is 0.311 e. The lowest BCUT2D eigenvalue weighted by Gasteiger charge is -2.18. The fraction of sp³-hybridized carbons (Fsp3) is 0.250. The number of rotatable bonds is 5. The average Bonchev–Trinajstić information content (AvgIpc) is 2.83. The molecule has 2 aromatic rings. The number of nitro groups is 1. The third kappa shape index (κ3) is 2.69. The number of pyridine rings is 1. The third-order valence-electron chi connectivity index (χ3n) is 2.93. The standard InChI is InChI=1S/C12H15N5O3/c1-8-9(5-6-20-8)7-16(2)12-10(17(18)19)3-4-11(14-12)15-13/h3-6H,7,13H2,1-2H3,(H,14,15). The highest BCUT2D eigenvalue weighted by Gasteiger charge is 2.20. The van der Waals surface area contributed by atoms with Crippen LogP contribution in [0.2, 0.25) is 0 Å². The summed E-state index contributed by atoms with van der Waals surface area (Å²) in [6.07, 6.45) is 1.58. The van der Waals surface area contributed by atoms with Crippen LogP contribution in [-0.2, 0) is 6.54 Å². The Hall–Kier alpha value is -2.61. The number of aromatic nitrogens is 1. The Morgan fingerprint density at radius 2 is 2.25 bits per heavy atom. The molecule has 3 N–H and O–H groups in total. The van der Waals surface area contributed by atoms with Crippen LogP contribution >= 0.6 is 0 Å². The van der Waals surface area contributed by atoms with Gasteiger partial charge >= 0.3 is 5.69 Å². The van der Waals surface area contributed by atoms with E-state index in [1.54, 1.807) is 18.2 Å². The van der Waals surface area contributed by atoms with Crippen LogP contribution in [0.5, 0.6) is 0 Å². The predicted molar refractivity (Wildman–Crippen MR) is 74.3 cm³/mol. The lowest BCUT2D eigenvalue weighted by atomic mass is 10.2. The van der Waals surface area contributed by atoms with E-state index in [0.29, 0.717) is 12.4 Å². The van der Waals surface area contributed by atoms with E-state index in [4.69, 9.17) is 10.3 Å². The second kappa shape index (κ2) is 5.57. The molecule has 0 aliphatic carbocycles. The van der Waals surface area contributed by atoms with Crippen molar-refractivity contribution in [3.8, 4) is 0 Å². The van der Waals surface area contributed by atoms with E-state index >= 15 is 0 Å². The van der Waals surface area contributed by atoms with Crippen LogP contribution in [-0.4, -0.2) is 17.0 Å². The van der Waals surface area contributed by atoms with Crippen LogP contribution in [0.1, 0.15) is 11.3 Å². The number of aryl methyl sites for hydroxylation is 1. The molecule has 0 aliphatic heterocycles. The number of nitrogens with zero attached hydrogens (tertiary/aromatic N) is 3. The van der Waals surface area contributed by atoms with Crippen molar-refractivity contribution in [2.24, 2.45) is 5.84 Å². The van der Waals surface area contributed by atoms with Gasteiger partial charge in [-0.15, -0.1) is 0 Å². The number of anilines is 2. The number of furan rings is 1. The van der Waals surface area contributed by atoms with Gasteiger partial charge in [-0.05, 0) is 19.1 Å². The van der Waals surface area contributed by atoms with Crippen molar-refractivity contribution in [2.45, 2.75) is 13.5 Å². The van der Waals surface area contributed by atoms with Crippen LogP contribution in [0.25, 0.3) is 0 Å². The van der Waals surface area contributed by atoms with Crippen molar-refractivity contribution in [3.63, 3.8) is 0 Å². The summed E-state index contributed by atoms with van der Waals surface area (Å²) in [4.78, 5) is 16.4. The molecule has 0 fully saturated rings. The summed E-state index contributed by atoms with van der Waals surface area (Å²) in [5.74, 6) is 6.66. The lowest BCUT2D eigenvalue weighted by Crippen LogP contribution is -2.20. The Morgan fingerprint density at radius 3 is 2.80 bits per heavy atom. The molecule has 8 nitrogen and oxygen atoms in total. The number of hydrogen-bond acceptors (Lipinski definition) is 7. The molecule has 0 atom stereocenters. The summed E-state index contributed by atoms with van der Waals surface area (Å²) in [6, 6.07) is 4.65. The Kier molecular flexibility index (Phi) is 3.85. The zero-order chi connectivity index (χ0) is 14.7. The number of hydrogen-bond donors (Lipinski definition) is 2. The molecule has 0 aliphatic rings. The molecule has 0 aromatic carbocycles. The summed E-state index contributed by atoms with van der Waals surface area (Å²) < 4.78 is 5.21. The van der Waals surface area contributed by atoms with E-state index < -0.39 is 4.92 Å². The highest BCUT2D eigenvalue weighted by molar-refractivity contribution is 5.61. The van der Waals surface area contributed by atoms with Crippen molar-refractivity contribution >= 4 is 17.3 Å². The lowest BCUT2D eigenvalue weighted by molar-refractivity contribution is -0.384. The van der Waals surface area contributed by atoms with Crippen molar-refractivity contribution in [3.05, 3.63) is 45.9 Å². The molecule has 0 radical (unpaired) electrons. The van der Waals surface area contributed by atoms with E-state index in [1.165, 1.54) is 12.1 Å². The van der Waals surface area contributed by atoms with Crippen LogP contribution in [0.4, 0.5) is 17.3 Å². The molecule has 0 saturated carbocycles. The van der Waals surface area contributed by atoms with Gasteiger partial charge in [0, 0.05) is 25.2 Å². The van der Waals surface area contributed by atoms with Crippen molar-refractivity contribution < 1.29 is 9.34 Å². The van der Waals surface area contributed by atoms with E-state index in [0.717, 1.165) is 11.3 Å². The Bertz CT molecular complexity index is 625. The molecule has 2 heterocycles. The Morgan fingerprint density at radius 1 is 1.50 bits per heavy atom. The van der Waals surface area contributed by atoms with Crippen LogP contribution in [0, 0.1) is 17.0 Å². The Labute approximate surface area is 115 Å². The Balaban J connectivity index is 2.34. The summed E-state index contributed by atoms with van der Waals surface area (Å²) >= 11 is 0. The predicted octanol–water partition coefficient (Wildman–Crippen LogP) is 1.81. The van der Waals surface area contributed by atoms with E-state index in [-0.39, 0.29) is 11.5 Å². The molecular formula is C12H15N5O3. The van der Waals surface area contributed by atoms with Gasteiger partial charge in [0.05, 0.1) is 11.2 Å². The van der Waals surface area contributed by atoms with E-state index in [1.807, 2.05) is 13.0 Å². The van der Waals surface area contributed by atoms with Gasteiger partial charge < -0.3 is 14.7 Å². The maximum atomic E-state index is 11.1. The monoisotopic (exact) mass is 277 g/mol. The number of hydrazine groups is 1.